The highest BCUT2D eigenvalue weighted by Crippen LogP contribution is 2.48. The number of fused-ring (bicyclic) bond motifs is 5. The van der Waals surface area contributed by atoms with Crippen molar-refractivity contribution in [2.24, 2.45) is 0 Å². The van der Waals surface area contributed by atoms with Crippen LogP contribution in [-0.4, -0.2) is 46.8 Å². The third-order valence-corrected chi connectivity index (χ3v) is 8.02. The minimum Gasteiger partial charge on any atom is -0.497 e. The van der Waals surface area contributed by atoms with Gasteiger partial charge in [-0.1, -0.05) is 60.1 Å². The van der Waals surface area contributed by atoms with Gasteiger partial charge in [0.1, 0.15) is 12.3 Å². The van der Waals surface area contributed by atoms with Gasteiger partial charge in [-0.3, -0.25) is 9.59 Å². The lowest BCUT2D eigenvalue weighted by atomic mass is 9.76. The number of aromatic nitrogens is 1. The van der Waals surface area contributed by atoms with Crippen molar-refractivity contribution in [2.75, 3.05) is 20.2 Å². The van der Waals surface area contributed by atoms with E-state index in [1.54, 1.807) is 23.0 Å². The Bertz CT molecular complexity index is 1500. The number of carbonyl (C=O) groups is 2. The molecule has 1 saturated heterocycles. The minimum absolute atomic E-state index is 0.0184. The summed E-state index contributed by atoms with van der Waals surface area (Å²) < 4.78 is 5.35. The molecule has 4 aromatic rings. The van der Waals surface area contributed by atoms with E-state index < -0.39 is 5.54 Å². The summed E-state index contributed by atoms with van der Waals surface area (Å²) in [7, 11) is 1.64. The van der Waals surface area contributed by atoms with Gasteiger partial charge < -0.3 is 19.5 Å². The van der Waals surface area contributed by atoms with Crippen LogP contribution in [0.4, 0.5) is 0 Å². The number of hydrogen-bond acceptors (Lipinski definition) is 3. The molecule has 182 valence electrons. The number of ether oxygens (including phenoxy) is 1. The number of aromatic amines is 1. The van der Waals surface area contributed by atoms with Crippen LogP contribution in [0.2, 0.25) is 5.02 Å². The maximum absolute atomic E-state index is 14.2. The number of piperazine rings is 1. The van der Waals surface area contributed by atoms with Crippen LogP contribution < -0.4 is 4.74 Å². The van der Waals surface area contributed by atoms with E-state index in [9.17, 15) is 9.59 Å². The molecule has 2 atom stereocenters. The predicted molar refractivity (Wildman–Crippen MR) is 139 cm³/mol. The molecule has 0 saturated carbocycles. The Balaban J connectivity index is 1.50. The molecule has 2 aliphatic rings. The Morgan fingerprint density at radius 1 is 1.03 bits per heavy atom. The molecular formula is C29H26ClN3O3. The zero-order chi connectivity index (χ0) is 25.0. The molecule has 3 aromatic carbocycles. The average molecular weight is 500 g/mol. The summed E-state index contributed by atoms with van der Waals surface area (Å²) in [5.74, 6) is 0.509. The van der Waals surface area contributed by atoms with E-state index in [1.807, 2.05) is 67.6 Å². The second kappa shape index (κ2) is 8.42. The summed E-state index contributed by atoms with van der Waals surface area (Å²) in [4.78, 5) is 34.7. The van der Waals surface area contributed by atoms with Crippen molar-refractivity contribution in [3.63, 3.8) is 0 Å². The molecule has 0 unspecified atom stereocenters. The number of nitrogens with one attached hydrogen (secondary N) is 1. The fourth-order valence-corrected chi connectivity index (χ4v) is 5.97. The number of H-pyrrole nitrogens is 1. The Morgan fingerprint density at radius 3 is 2.50 bits per heavy atom. The van der Waals surface area contributed by atoms with Crippen molar-refractivity contribution in [2.45, 2.75) is 24.9 Å². The van der Waals surface area contributed by atoms with Crippen LogP contribution >= 0.6 is 11.6 Å². The molecule has 0 bridgehead atoms. The van der Waals surface area contributed by atoms with E-state index in [2.05, 4.69) is 11.1 Å². The number of hydrogen-bond donors (Lipinski definition) is 1. The number of rotatable bonds is 4. The van der Waals surface area contributed by atoms with Crippen molar-refractivity contribution in [3.8, 4) is 5.75 Å². The summed E-state index contributed by atoms with van der Waals surface area (Å²) in [6, 6.07) is 23.5. The van der Waals surface area contributed by atoms with Crippen molar-refractivity contribution < 1.29 is 14.3 Å². The molecular weight excluding hydrogens is 474 g/mol. The molecule has 0 aliphatic carbocycles. The highest BCUT2D eigenvalue weighted by Gasteiger charge is 2.56. The van der Waals surface area contributed by atoms with Gasteiger partial charge in [0.05, 0.1) is 12.8 Å². The van der Waals surface area contributed by atoms with Gasteiger partial charge in [0.15, 0.2) is 5.54 Å². The van der Waals surface area contributed by atoms with E-state index in [1.165, 1.54) is 0 Å². The Labute approximate surface area is 214 Å². The molecule has 1 N–H and O–H groups in total. The highest BCUT2D eigenvalue weighted by molar-refractivity contribution is 6.31. The molecule has 1 fully saturated rings. The van der Waals surface area contributed by atoms with E-state index >= 15 is 0 Å². The maximum Gasteiger partial charge on any atom is 0.255 e. The van der Waals surface area contributed by atoms with Gasteiger partial charge in [0.25, 0.3) is 5.91 Å². The van der Waals surface area contributed by atoms with Crippen LogP contribution in [0, 0.1) is 0 Å². The number of carbonyl (C=O) groups excluding carboxylic acids is 2. The summed E-state index contributed by atoms with van der Waals surface area (Å²) in [5, 5.41) is 1.65. The largest absolute Gasteiger partial charge is 0.497 e. The van der Waals surface area contributed by atoms with Crippen LogP contribution in [-0.2, 0) is 21.7 Å². The Hall–Kier alpha value is -3.77. The standard InChI is InChI=1S/C29H26ClN3O3/c1-29-27-26(21-8-4-6-10-24(21)31-27)22(18-11-13-20(36-2)14-12-18)16-33(29)25(34)17-32(28(29)35)15-19-7-3-5-9-23(19)30/h3-14,22,31H,15-17H2,1-2H3/t22-,29-/m0/s1. The molecule has 3 heterocycles. The van der Waals surface area contributed by atoms with E-state index in [0.717, 1.165) is 39.0 Å². The predicted octanol–water partition coefficient (Wildman–Crippen LogP) is 5.06. The Kier molecular flexibility index (Phi) is 5.30. The Morgan fingerprint density at radius 2 is 1.75 bits per heavy atom. The number of benzene rings is 3. The van der Waals surface area contributed by atoms with Gasteiger partial charge in [0.2, 0.25) is 5.91 Å². The first kappa shape index (κ1) is 22.7. The van der Waals surface area contributed by atoms with E-state index in [-0.39, 0.29) is 30.8 Å². The number of amides is 2. The van der Waals surface area contributed by atoms with Crippen LogP contribution in [0.15, 0.2) is 72.8 Å². The molecule has 36 heavy (non-hydrogen) atoms. The van der Waals surface area contributed by atoms with Gasteiger partial charge in [-0.2, -0.15) is 0 Å². The molecule has 6 nitrogen and oxygen atoms in total. The average Bonchev–Trinajstić information content (AvgIpc) is 3.29. The number of methoxy groups -OCH3 is 1. The van der Waals surface area contributed by atoms with Gasteiger partial charge >= 0.3 is 0 Å². The monoisotopic (exact) mass is 499 g/mol. The van der Waals surface area contributed by atoms with Crippen LogP contribution in [0.5, 0.6) is 5.75 Å². The SMILES string of the molecule is COc1ccc([C@@H]2CN3C(=O)CN(Cc4ccccc4Cl)C(=O)[C@]3(C)c3[nH]c4ccccc4c32)cc1. The van der Waals surface area contributed by atoms with Crippen LogP contribution in [0.3, 0.4) is 0 Å². The second-order valence-electron chi connectivity index (χ2n) is 9.61. The first-order valence-corrected chi connectivity index (χ1v) is 12.4. The van der Waals surface area contributed by atoms with Gasteiger partial charge in [-0.25, -0.2) is 0 Å². The van der Waals surface area contributed by atoms with Crippen molar-refractivity contribution in [3.05, 3.63) is 100 Å². The zero-order valence-electron chi connectivity index (χ0n) is 20.1. The molecule has 2 aliphatic heterocycles. The van der Waals surface area contributed by atoms with Gasteiger partial charge in [-0.05, 0) is 47.9 Å². The normalized spacial score (nSPS) is 21.5. The molecule has 0 spiro atoms. The fourth-order valence-electron chi connectivity index (χ4n) is 5.77. The second-order valence-corrected chi connectivity index (χ2v) is 10.0. The molecule has 7 heteroatoms. The van der Waals surface area contributed by atoms with Crippen LogP contribution in [0.1, 0.15) is 35.2 Å². The van der Waals surface area contributed by atoms with Crippen molar-refractivity contribution in [1.29, 1.82) is 0 Å². The smallest absolute Gasteiger partial charge is 0.255 e. The lowest BCUT2D eigenvalue weighted by Gasteiger charge is -2.51. The number of nitrogens with zero attached hydrogens (tertiary/aromatic N) is 2. The van der Waals surface area contributed by atoms with Crippen molar-refractivity contribution in [1.82, 2.24) is 14.8 Å². The van der Waals surface area contributed by atoms with E-state index in [4.69, 9.17) is 16.3 Å². The first-order valence-electron chi connectivity index (χ1n) is 12.0. The van der Waals surface area contributed by atoms with Crippen LogP contribution in [0.25, 0.3) is 10.9 Å². The third-order valence-electron chi connectivity index (χ3n) is 7.65. The summed E-state index contributed by atoms with van der Waals surface area (Å²) >= 11 is 6.39. The van der Waals surface area contributed by atoms with E-state index in [0.29, 0.717) is 11.6 Å². The van der Waals surface area contributed by atoms with Crippen molar-refractivity contribution >= 4 is 34.3 Å². The number of para-hydroxylation sites is 1. The first-order chi connectivity index (χ1) is 17.4. The lowest BCUT2D eigenvalue weighted by Crippen LogP contribution is -2.67. The fraction of sp³-hybridized carbons (Fsp3) is 0.241. The van der Waals surface area contributed by atoms with Gasteiger partial charge in [-0.15, -0.1) is 0 Å². The molecule has 6 rings (SSSR count). The summed E-state index contributed by atoms with van der Waals surface area (Å²) in [5.41, 5.74) is 3.54. The highest BCUT2D eigenvalue weighted by atomic mass is 35.5. The van der Waals surface area contributed by atoms with Gasteiger partial charge in [0, 0.05) is 34.9 Å². The molecule has 0 radical (unpaired) electrons. The minimum atomic E-state index is -1.14. The quantitative estimate of drug-likeness (QED) is 0.427. The summed E-state index contributed by atoms with van der Waals surface area (Å²) in [6.45, 7) is 2.59. The molecule has 2 amide bonds. The third kappa shape index (κ3) is 3.32. The zero-order valence-corrected chi connectivity index (χ0v) is 20.9. The number of halogens is 1. The lowest BCUT2D eigenvalue weighted by molar-refractivity contribution is -0.166. The molecule has 1 aromatic heterocycles. The summed E-state index contributed by atoms with van der Waals surface area (Å²) in [6.07, 6.45) is 0. The topological polar surface area (TPSA) is 65.6 Å². The maximum atomic E-state index is 14.2.